The number of alkyl halides is 3. The van der Waals surface area contributed by atoms with Gasteiger partial charge in [-0.25, -0.2) is 0 Å². The fraction of sp³-hybridized carbons (Fsp3) is 0.0833. The zero-order valence-electron chi connectivity index (χ0n) is 9.61. The van der Waals surface area contributed by atoms with Crippen LogP contribution >= 0.6 is 0 Å². The van der Waals surface area contributed by atoms with Gasteiger partial charge in [0, 0.05) is 6.07 Å². The fourth-order valence-corrected chi connectivity index (χ4v) is 1.45. The fourth-order valence-electron chi connectivity index (χ4n) is 1.45. The van der Waals surface area contributed by atoms with Crippen LogP contribution in [-0.2, 0) is 6.18 Å². The third-order valence-electron chi connectivity index (χ3n) is 2.34. The van der Waals surface area contributed by atoms with Crippen molar-refractivity contribution in [1.29, 1.82) is 0 Å². The monoisotopic (exact) mass is 269 g/mol. The van der Waals surface area contributed by atoms with Gasteiger partial charge in [-0.1, -0.05) is 18.2 Å². The van der Waals surface area contributed by atoms with Crippen molar-refractivity contribution in [3.63, 3.8) is 0 Å². The number of aromatic nitrogens is 1. The minimum atomic E-state index is -4.62. The smallest absolute Gasteiger partial charge is 0.418 e. The van der Waals surface area contributed by atoms with Gasteiger partial charge < -0.3 is 16.2 Å². The number of hydrogen-bond donors (Lipinski definition) is 2. The first-order chi connectivity index (χ1) is 8.88. The average molecular weight is 269 g/mol. The number of halogens is 3. The molecule has 1 aromatic carbocycles. The van der Waals surface area contributed by atoms with Gasteiger partial charge in [0.2, 0.25) is 5.88 Å². The normalized spacial score (nSPS) is 11.3. The molecule has 0 saturated carbocycles. The van der Waals surface area contributed by atoms with E-state index in [0.29, 0.717) is 5.75 Å². The molecular weight excluding hydrogens is 259 g/mol. The summed E-state index contributed by atoms with van der Waals surface area (Å²) in [5.74, 6) is -0.321. The quantitative estimate of drug-likeness (QED) is 0.878. The lowest BCUT2D eigenvalue weighted by Gasteiger charge is -2.13. The molecule has 2 aromatic rings. The van der Waals surface area contributed by atoms with Gasteiger partial charge in [0.1, 0.15) is 5.75 Å². The minimum Gasteiger partial charge on any atom is -0.439 e. The first-order valence-corrected chi connectivity index (χ1v) is 5.24. The molecule has 1 heterocycles. The number of benzene rings is 1. The van der Waals surface area contributed by atoms with E-state index in [2.05, 4.69) is 4.98 Å². The molecule has 19 heavy (non-hydrogen) atoms. The van der Waals surface area contributed by atoms with E-state index in [-0.39, 0.29) is 5.88 Å². The van der Waals surface area contributed by atoms with E-state index in [1.807, 2.05) is 0 Å². The Morgan fingerprint density at radius 1 is 1.05 bits per heavy atom. The predicted octanol–water partition coefficient (Wildman–Crippen LogP) is 3.06. The number of hydrogen-bond acceptors (Lipinski definition) is 4. The molecule has 7 heteroatoms. The van der Waals surface area contributed by atoms with Crippen molar-refractivity contribution in [2.45, 2.75) is 6.18 Å². The van der Waals surface area contributed by atoms with E-state index in [1.54, 1.807) is 30.3 Å². The van der Waals surface area contributed by atoms with E-state index in [1.165, 1.54) is 0 Å². The summed E-state index contributed by atoms with van der Waals surface area (Å²) >= 11 is 0. The molecule has 0 aliphatic rings. The number of anilines is 2. The molecule has 0 unspecified atom stereocenters. The standard InChI is InChI=1S/C12H10F3N3O/c13-12(14,15)8-6-9(18-11(17)10(8)16)19-7-4-2-1-3-5-7/h1-6H,16H2,(H2,17,18). The molecule has 0 atom stereocenters. The summed E-state index contributed by atoms with van der Waals surface area (Å²) in [4.78, 5) is 3.67. The van der Waals surface area contributed by atoms with Crippen LogP contribution in [0.2, 0.25) is 0 Å². The molecule has 4 N–H and O–H groups in total. The van der Waals surface area contributed by atoms with E-state index in [0.717, 1.165) is 6.07 Å². The van der Waals surface area contributed by atoms with Gasteiger partial charge in [0.05, 0.1) is 11.3 Å². The summed E-state index contributed by atoms with van der Waals surface area (Å²) in [6.45, 7) is 0. The predicted molar refractivity (Wildman–Crippen MR) is 64.6 cm³/mol. The molecule has 0 fully saturated rings. The summed E-state index contributed by atoms with van der Waals surface area (Å²) < 4.78 is 43.4. The van der Waals surface area contributed by atoms with Gasteiger partial charge in [-0.3, -0.25) is 0 Å². The second kappa shape index (κ2) is 4.68. The van der Waals surface area contributed by atoms with E-state index in [4.69, 9.17) is 16.2 Å². The molecule has 0 saturated heterocycles. The molecule has 0 radical (unpaired) electrons. The van der Waals surface area contributed by atoms with E-state index in [9.17, 15) is 13.2 Å². The zero-order valence-corrected chi connectivity index (χ0v) is 9.61. The van der Waals surface area contributed by atoms with Crippen LogP contribution in [-0.4, -0.2) is 4.98 Å². The van der Waals surface area contributed by atoms with Crippen LogP contribution in [0.5, 0.6) is 11.6 Å². The van der Waals surface area contributed by atoms with Crippen molar-refractivity contribution >= 4 is 11.5 Å². The minimum absolute atomic E-state index is 0.259. The molecule has 0 bridgehead atoms. The van der Waals surface area contributed by atoms with Gasteiger partial charge >= 0.3 is 6.18 Å². The number of para-hydroxylation sites is 1. The van der Waals surface area contributed by atoms with Crippen LogP contribution in [0.25, 0.3) is 0 Å². The Morgan fingerprint density at radius 2 is 1.68 bits per heavy atom. The third-order valence-corrected chi connectivity index (χ3v) is 2.34. The van der Waals surface area contributed by atoms with Gasteiger partial charge in [-0.15, -0.1) is 0 Å². The topological polar surface area (TPSA) is 74.2 Å². The molecule has 1 aromatic heterocycles. The van der Waals surface area contributed by atoms with Crippen molar-refractivity contribution in [2.24, 2.45) is 0 Å². The van der Waals surface area contributed by atoms with Crippen LogP contribution < -0.4 is 16.2 Å². The summed E-state index contributed by atoms with van der Waals surface area (Å²) in [6, 6.07) is 9.00. The molecule has 2 rings (SSSR count). The summed E-state index contributed by atoms with van der Waals surface area (Å²) in [5.41, 5.74) is 8.96. The second-order valence-electron chi connectivity index (χ2n) is 3.72. The zero-order chi connectivity index (χ0) is 14.0. The Kier molecular flexibility index (Phi) is 3.20. The number of nitrogen functional groups attached to an aromatic ring is 2. The first kappa shape index (κ1) is 13.0. The van der Waals surface area contributed by atoms with Crippen molar-refractivity contribution in [3.8, 4) is 11.6 Å². The average Bonchev–Trinajstić information content (AvgIpc) is 2.33. The third kappa shape index (κ3) is 2.87. The number of rotatable bonds is 2. The van der Waals surface area contributed by atoms with E-state index >= 15 is 0 Å². The molecule has 100 valence electrons. The molecule has 0 aliphatic heterocycles. The maximum absolute atomic E-state index is 12.7. The number of pyridine rings is 1. The van der Waals surface area contributed by atoms with Crippen LogP contribution in [0, 0.1) is 0 Å². The maximum atomic E-state index is 12.7. The molecule has 0 spiro atoms. The summed E-state index contributed by atoms with van der Waals surface area (Å²) in [6.07, 6.45) is -4.62. The number of nitrogens with two attached hydrogens (primary N) is 2. The highest BCUT2D eigenvalue weighted by Gasteiger charge is 2.35. The molecule has 0 amide bonds. The van der Waals surface area contributed by atoms with Gasteiger partial charge in [0.25, 0.3) is 0 Å². The molecule has 0 aliphatic carbocycles. The Morgan fingerprint density at radius 3 is 2.26 bits per heavy atom. The Hall–Kier alpha value is -2.44. The highest BCUT2D eigenvalue weighted by Crippen LogP contribution is 2.38. The van der Waals surface area contributed by atoms with Crippen molar-refractivity contribution in [3.05, 3.63) is 42.0 Å². The Bertz CT molecular complexity index is 585. The summed E-state index contributed by atoms with van der Waals surface area (Å²) in [5, 5.41) is 0. The molecular formula is C12H10F3N3O. The van der Waals surface area contributed by atoms with Crippen molar-refractivity contribution in [1.82, 2.24) is 4.98 Å². The van der Waals surface area contributed by atoms with E-state index < -0.39 is 23.2 Å². The largest absolute Gasteiger partial charge is 0.439 e. The van der Waals surface area contributed by atoms with Crippen LogP contribution in [0.4, 0.5) is 24.7 Å². The van der Waals surface area contributed by atoms with Crippen LogP contribution in [0.15, 0.2) is 36.4 Å². The van der Waals surface area contributed by atoms with Crippen LogP contribution in [0.1, 0.15) is 5.56 Å². The van der Waals surface area contributed by atoms with Gasteiger partial charge in [-0.05, 0) is 12.1 Å². The SMILES string of the molecule is Nc1nc(Oc2ccccc2)cc(C(F)(F)F)c1N. The first-order valence-electron chi connectivity index (χ1n) is 5.24. The number of ether oxygens (including phenoxy) is 1. The van der Waals surface area contributed by atoms with Crippen LogP contribution in [0.3, 0.4) is 0 Å². The maximum Gasteiger partial charge on any atom is 0.418 e. The van der Waals surface area contributed by atoms with Gasteiger partial charge in [0.15, 0.2) is 5.82 Å². The molecule has 4 nitrogen and oxygen atoms in total. The highest BCUT2D eigenvalue weighted by atomic mass is 19.4. The van der Waals surface area contributed by atoms with Gasteiger partial charge in [-0.2, -0.15) is 18.2 Å². The second-order valence-corrected chi connectivity index (χ2v) is 3.72. The van der Waals surface area contributed by atoms with Crippen molar-refractivity contribution in [2.75, 3.05) is 11.5 Å². The lowest BCUT2D eigenvalue weighted by molar-refractivity contribution is -0.137. The highest BCUT2D eigenvalue weighted by molar-refractivity contribution is 5.65. The Balaban J connectivity index is 2.40. The summed E-state index contributed by atoms with van der Waals surface area (Å²) in [7, 11) is 0. The lowest BCUT2D eigenvalue weighted by atomic mass is 10.2. The Labute approximate surface area is 106 Å². The lowest BCUT2D eigenvalue weighted by Crippen LogP contribution is -2.12. The van der Waals surface area contributed by atoms with Crippen molar-refractivity contribution < 1.29 is 17.9 Å². The number of nitrogens with zero attached hydrogens (tertiary/aromatic N) is 1.